The Morgan fingerprint density at radius 1 is 0.969 bits per heavy atom. The number of allylic oxidation sites excluding steroid dienone is 3. The van der Waals surface area contributed by atoms with Crippen molar-refractivity contribution in [3.05, 3.63) is 24.3 Å². The van der Waals surface area contributed by atoms with Crippen molar-refractivity contribution in [1.82, 2.24) is 0 Å². The zero-order chi connectivity index (χ0) is 23.5. The van der Waals surface area contributed by atoms with Crippen LogP contribution in [0.2, 0.25) is 0 Å². The van der Waals surface area contributed by atoms with Crippen LogP contribution in [-0.2, 0) is 4.79 Å². The Morgan fingerprint density at radius 2 is 1.66 bits per heavy atom. The molecule has 0 aromatic carbocycles. The van der Waals surface area contributed by atoms with E-state index in [1.807, 2.05) is 6.08 Å². The van der Waals surface area contributed by atoms with Crippen molar-refractivity contribution in [2.24, 2.45) is 56.7 Å². The van der Waals surface area contributed by atoms with Gasteiger partial charge in [0.2, 0.25) is 0 Å². The number of hydrogen-bond acceptors (Lipinski definition) is 2. The highest BCUT2D eigenvalue weighted by Crippen LogP contribution is 2.76. The molecule has 4 fully saturated rings. The highest BCUT2D eigenvalue weighted by atomic mass is 16.3. The van der Waals surface area contributed by atoms with Crippen LogP contribution in [0.25, 0.3) is 0 Å². The molecular formula is C30H46O2. The maximum absolute atomic E-state index is 12.8. The van der Waals surface area contributed by atoms with Gasteiger partial charge in [0, 0.05) is 5.41 Å². The molecule has 1 N–H and O–H groups in total. The third-order valence-electron chi connectivity index (χ3n) is 12.8. The molecule has 5 rings (SSSR count). The van der Waals surface area contributed by atoms with E-state index in [1.54, 1.807) is 0 Å². The molecular weight excluding hydrogens is 392 g/mol. The molecule has 0 saturated heterocycles. The SMILES string of the molecule is C=C(C)[C@@H]1CC[C@@]2(C)[C@H]1[C@H]1CC[C@@H]3[C@@]4(C)C=CC(=O)C(C)(C)[C@@H]4CC[C@@]3(C)[C@]1(C)C[C@@H]2O. The molecule has 5 aliphatic rings. The third-order valence-corrected chi connectivity index (χ3v) is 12.8. The summed E-state index contributed by atoms with van der Waals surface area (Å²) in [4.78, 5) is 12.8. The summed E-state index contributed by atoms with van der Waals surface area (Å²) in [5.41, 5.74) is 1.47. The van der Waals surface area contributed by atoms with Crippen LogP contribution in [0.3, 0.4) is 0 Å². The van der Waals surface area contributed by atoms with Gasteiger partial charge in [-0.3, -0.25) is 4.79 Å². The normalized spacial score (nSPS) is 56.1. The highest BCUT2D eigenvalue weighted by molar-refractivity contribution is 5.95. The standard InChI is InChI=1S/C30H46O2/c1-18(2)19-11-14-28(6)24(32)17-30(8)20(25(19)28)9-10-22-27(5)15-13-23(31)26(3,4)21(27)12-16-29(22,30)7/h13,15,19-22,24-25,32H,1,9-12,14,16-17H2,2-8H3/t19-,20+,21-,22+,24-,25+,27-,28+,29+,30+/m0/s1. The number of aliphatic hydroxyl groups excluding tert-OH is 1. The number of ketones is 1. The van der Waals surface area contributed by atoms with Crippen LogP contribution in [0, 0.1) is 56.7 Å². The Balaban J connectivity index is 1.60. The van der Waals surface area contributed by atoms with E-state index in [0.29, 0.717) is 35.4 Å². The Bertz CT molecular complexity index is 883. The molecule has 0 unspecified atom stereocenters. The second-order valence-corrected chi connectivity index (χ2v) is 14.2. The van der Waals surface area contributed by atoms with Crippen LogP contribution < -0.4 is 0 Å². The smallest absolute Gasteiger partial charge is 0.161 e. The van der Waals surface area contributed by atoms with E-state index in [2.05, 4.69) is 61.1 Å². The summed E-state index contributed by atoms with van der Waals surface area (Å²) in [5, 5.41) is 11.7. The summed E-state index contributed by atoms with van der Waals surface area (Å²) in [5.74, 6) is 3.06. The molecule has 2 heteroatoms. The number of carbonyl (C=O) groups excluding carboxylic acids is 1. The van der Waals surface area contributed by atoms with Crippen molar-refractivity contribution in [3.63, 3.8) is 0 Å². The van der Waals surface area contributed by atoms with E-state index in [9.17, 15) is 9.90 Å². The molecule has 32 heavy (non-hydrogen) atoms. The van der Waals surface area contributed by atoms with Crippen molar-refractivity contribution in [2.75, 3.05) is 0 Å². The van der Waals surface area contributed by atoms with E-state index in [0.717, 1.165) is 19.3 Å². The van der Waals surface area contributed by atoms with Crippen LogP contribution in [-0.4, -0.2) is 17.0 Å². The first-order valence-electron chi connectivity index (χ1n) is 13.3. The molecule has 0 bridgehead atoms. The third kappa shape index (κ3) is 2.49. The lowest BCUT2D eigenvalue weighted by Gasteiger charge is -2.72. The molecule has 0 spiro atoms. The lowest BCUT2D eigenvalue weighted by atomic mass is 9.33. The first-order chi connectivity index (χ1) is 14.7. The zero-order valence-electron chi connectivity index (χ0n) is 21.6. The van der Waals surface area contributed by atoms with Gasteiger partial charge < -0.3 is 5.11 Å². The predicted molar refractivity (Wildman–Crippen MR) is 131 cm³/mol. The van der Waals surface area contributed by atoms with Gasteiger partial charge in [-0.1, -0.05) is 59.8 Å². The minimum atomic E-state index is -0.274. The number of fused-ring (bicyclic) bond motifs is 7. The fourth-order valence-electron chi connectivity index (χ4n) is 10.8. The van der Waals surface area contributed by atoms with E-state index in [4.69, 9.17) is 0 Å². The summed E-state index contributed by atoms with van der Waals surface area (Å²) in [6, 6.07) is 0. The lowest BCUT2D eigenvalue weighted by molar-refractivity contribution is -0.239. The van der Waals surface area contributed by atoms with Gasteiger partial charge in [0.25, 0.3) is 0 Å². The zero-order valence-corrected chi connectivity index (χ0v) is 21.6. The monoisotopic (exact) mass is 438 g/mol. The molecule has 5 aliphatic carbocycles. The molecule has 0 aromatic heterocycles. The van der Waals surface area contributed by atoms with Crippen molar-refractivity contribution < 1.29 is 9.90 Å². The van der Waals surface area contributed by atoms with Gasteiger partial charge in [-0.05, 0) is 109 Å². The summed E-state index contributed by atoms with van der Waals surface area (Å²) >= 11 is 0. The highest BCUT2D eigenvalue weighted by Gasteiger charge is 2.71. The molecule has 2 nitrogen and oxygen atoms in total. The van der Waals surface area contributed by atoms with E-state index >= 15 is 0 Å². The molecule has 0 aliphatic heterocycles. The molecule has 0 amide bonds. The number of hydrogen-bond donors (Lipinski definition) is 1. The first-order valence-corrected chi connectivity index (χ1v) is 13.3. The minimum absolute atomic E-state index is 0.0389. The van der Waals surface area contributed by atoms with Gasteiger partial charge >= 0.3 is 0 Å². The fourth-order valence-corrected chi connectivity index (χ4v) is 10.8. The van der Waals surface area contributed by atoms with Crippen LogP contribution >= 0.6 is 0 Å². The van der Waals surface area contributed by atoms with E-state index < -0.39 is 0 Å². The molecule has 4 saturated carbocycles. The van der Waals surface area contributed by atoms with Crippen molar-refractivity contribution in [2.45, 2.75) is 99.5 Å². The van der Waals surface area contributed by atoms with Crippen molar-refractivity contribution >= 4 is 5.78 Å². The van der Waals surface area contributed by atoms with Crippen molar-refractivity contribution in [3.8, 4) is 0 Å². The second kappa shape index (κ2) is 6.61. The topological polar surface area (TPSA) is 37.3 Å². The first kappa shape index (κ1) is 22.9. The molecule has 10 atom stereocenters. The van der Waals surface area contributed by atoms with Crippen LogP contribution in [0.1, 0.15) is 93.4 Å². The van der Waals surface area contributed by atoms with E-state index in [1.165, 1.54) is 31.3 Å². The fraction of sp³-hybridized carbons (Fsp3) is 0.833. The van der Waals surface area contributed by atoms with Crippen LogP contribution in [0.15, 0.2) is 24.3 Å². The molecule has 0 aromatic rings. The van der Waals surface area contributed by atoms with Gasteiger partial charge in [-0.15, -0.1) is 0 Å². The average Bonchev–Trinajstić information content (AvgIpc) is 3.05. The number of aliphatic hydroxyl groups is 1. The summed E-state index contributed by atoms with van der Waals surface area (Å²) < 4.78 is 0. The van der Waals surface area contributed by atoms with Gasteiger partial charge in [0.15, 0.2) is 5.78 Å². The summed E-state index contributed by atoms with van der Waals surface area (Å²) in [7, 11) is 0. The minimum Gasteiger partial charge on any atom is -0.393 e. The quantitative estimate of drug-likeness (QED) is 0.448. The largest absolute Gasteiger partial charge is 0.393 e. The predicted octanol–water partition coefficient (Wildman–Crippen LogP) is 6.98. The second-order valence-electron chi connectivity index (χ2n) is 14.2. The Morgan fingerprint density at radius 3 is 2.31 bits per heavy atom. The van der Waals surface area contributed by atoms with E-state index in [-0.39, 0.29) is 33.2 Å². The average molecular weight is 439 g/mol. The van der Waals surface area contributed by atoms with Crippen molar-refractivity contribution in [1.29, 1.82) is 0 Å². The summed E-state index contributed by atoms with van der Waals surface area (Å²) in [6.45, 7) is 21.0. The van der Waals surface area contributed by atoms with Gasteiger partial charge in [0.1, 0.15) is 0 Å². The van der Waals surface area contributed by atoms with Gasteiger partial charge in [0.05, 0.1) is 6.10 Å². The maximum Gasteiger partial charge on any atom is 0.161 e. The number of rotatable bonds is 1. The van der Waals surface area contributed by atoms with Gasteiger partial charge in [-0.2, -0.15) is 0 Å². The Labute approximate surface area is 196 Å². The Kier molecular flexibility index (Phi) is 4.73. The number of carbonyl (C=O) groups is 1. The maximum atomic E-state index is 12.8. The molecule has 178 valence electrons. The van der Waals surface area contributed by atoms with Crippen LogP contribution in [0.4, 0.5) is 0 Å². The van der Waals surface area contributed by atoms with Gasteiger partial charge in [-0.25, -0.2) is 0 Å². The van der Waals surface area contributed by atoms with Crippen LogP contribution in [0.5, 0.6) is 0 Å². The Hall–Kier alpha value is -0.890. The summed E-state index contributed by atoms with van der Waals surface area (Å²) in [6.07, 6.45) is 12.1. The molecule has 0 heterocycles. The molecule has 0 radical (unpaired) electrons. The lowest BCUT2D eigenvalue weighted by Crippen LogP contribution is -2.67.